The fourth-order valence-electron chi connectivity index (χ4n) is 2.57. The van der Waals surface area contributed by atoms with E-state index < -0.39 is 11.7 Å². The summed E-state index contributed by atoms with van der Waals surface area (Å²) in [5.41, 5.74) is 0.0260. The number of nitrogens with zero attached hydrogens (tertiary/aromatic N) is 1. The molecule has 1 saturated carbocycles. The van der Waals surface area contributed by atoms with Crippen LogP contribution in [0.25, 0.3) is 0 Å². The van der Waals surface area contributed by atoms with Gasteiger partial charge in [-0.1, -0.05) is 17.7 Å². The lowest BCUT2D eigenvalue weighted by Gasteiger charge is -2.20. The molecule has 2 atom stereocenters. The summed E-state index contributed by atoms with van der Waals surface area (Å²) in [4.78, 5) is 15.7. The molecule has 1 amide bonds. The molecule has 0 saturated heterocycles. The summed E-state index contributed by atoms with van der Waals surface area (Å²) in [5.74, 6) is 0.342. The Bertz CT molecular complexity index is 662. The van der Waals surface area contributed by atoms with Gasteiger partial charge in [0, 0.05) is 42.7 Å². The molecule has 0 aromatic heterocycles. The van der Waals surface area contributed by atoms with Gasteiger partial charge in [0.15, 0.2) is 5.96 Å². The Morgan fingerprint density at radius 3 is 2.59 bits per heavy atom. The molecule has 2 rings (SSSR count). The van der Waals surface area contributed by atoms with Crippen molar-refractivity contribution in [3.8, 4) is 0 Å². The molecule has 1 aromatic carbocycles. The van der Waals surface area contributed by atoms with E-state index in [1.165, 1.54) is 6.07 Å². The maximum atomic E-state index is 14.0. The average molecular weight is 513 g/mol. The summed E-state index contributed by atoms with van der Waals surface area (Å²) < 4.78 is 19.1. The third-order valence-corrected chi connectivity index (χ3v) is 4.12. The molecule has 1 aromatic rings. The van der Waals surface area contributed by atoms with E-state index in [1.807, 2.05) is 20.8 Å². The van der Waals surface area contributed by atoms with Gasteiger partial charge in [-0.05, 0) is 39.3 Å². The normalized spacial score (nSPS) is 19.0. The Hall–Kier alpha value is -1.29. The van der Waals surface area contributed by atoms with Crippen molar-refractivity contribution in [2.24, 2.45) is 4.99 Å². The summed E-state index contributed by atoms with van der Waals surface area (Å²) in [5, 5.41) is 9.45. The Kier molecular flexibility index (Phi) is 9.07. The lowest BCUT2D eigenvalue weighted by molar-refractivity contribution is 0.0529. The van der Waals surface area contributed by atoms with Gasteiger partial charge in [-0.3, -0.25) is 4.99 Å². The number of halogens is 3. The molecule has 6 nitrogen and oxygen atoms in total. The van der Waals surface area contributed by atoms with Crippen LogP contribution < -0.4 is 16.0 Å². The Morgan fingerprint density at radius 2 is 2.00 bits per heavy atom. The van der Waals surface area contributed by atoms with Gasteiger partial charge in [0.1, 0.15) is 11.4 Å². The van der Waals surface area contributed by atoms with Crippen molar-refractivity contribution in [2.75, 3.05) is 20.1 Å². The number of ether oxygens (including phenoxy) is 1. The SMILES string of the molecule is CN=C(NCCNC(=O)OC(C)(C)C)NC1CC1c1c(F)cccc1Cl.I. The Balaban J connectivity index is 0.00000364. The van der Waals surface area contributed by atoms with Crippen LogP contribution in [-0.2, 0) is 4.74 Å². The predicted molar refractivity (Wildman–Crippen MR) is 117 cm³/mol. The third-order valence-electron chi connectivity index (χ3n) is 3.79. The first-order valence-electron chi connectivity index (χ1n) is 8.59. The van der Waals surface area contributed by atoms with Gasteiger partial charge in [0.25, 0.3) is 0 Å². The van der Waals surface area contributed by atoms with Gasteiger partial charge in [-0.15, -0.1) is 24.0 Å². The van der Waals surface area contributed by atoms with Crippen molar-refractivity contribution >= 4 is 47.6 Å². The van der Waals surface area contributed by atoms with Crippen LogP contribution in [0.3, 0.4) is 0 Å². The van der Waals surface area contributed by atoms with E-state index in [0.717, 1.165) is 6.42 Å². The standard InChI is InChI=1S/C18H26ClFN4O2.HI/c1-18(2,3)26-17(25)23-9-8-22-16(21-4)24-14-10-11(14)15-12(19)6-5-7-13(15)20;/h5-7,11,14H,8-10H2,1-4H3,(H,23,25)(H2,21,22,24);1H. The number of nitrogens with one attached hydrogen (secondary N) is 3. The molecule has 27 heavy (non-hydrogen) atoms. The number of amides is 1. The largest absolute Gasteiger partial charge is 0.444 e. The zero-order chi connectivity index (χ0) is 19.3. The van der Waals surface area contributed by atoms with Gasteiger partial charge in [-0.2, -0.15) is 0 Å². The molecule has 0 aliphatic heterocycles. The van der Waals surface area contributed by atoms with E-state index in [1.54, 1.807) is 19.2 Å². The molecule has 1 aliphatic carbocycles. The maximum absolute atomic E-state index is 14.0. The van der Waals surface area contributed by atoms with E-state index in [9.17, 15) is 9.18 Å². The van der Waals surface area contributed by atoms with Crippen molar-refractivity contribution in [3.63, 3.8) is 0 Å². The number of hydrogen-bond acceptors (Lipinski definition) is 3. The predicted octanol–water partition coefficient (Wildman–Crippen LogP) is 3.64. The van der Waals surface area contributed by atoms with Crippen molar-refractivity contribution in [1.82, 2.24) is 16.0 Å². The summed E-state index contributed by atoms with van der Waals surface area (Å²) in [6, 6.07) is 4.80. The molecule has 0 bridgehead atoms. The molecule has 1 fully saturated rings. The minimum atomic E-state index is -0.524. The number of carbonyl (C=O) groups excluding carboxylic acids is 1. The number of rotatable bonds is 5. The van der Waals surface area contributed by atoms with Gasteiger partial charge in [-0.25, -0.2) is 9.18 Å². The minimum Gasteiger partial charge on any atom is -0.444 e. The highest BCUT2D eigenvalue weighted by Crippen LogP contribution is 2.44. The smallest absolute Gasteiger partial charge is 0.407 e. The Labute approximate surface area is 181 Å². The zero-order valence-corrected chi connectivity index (χ0v) is 19.0. The maximum Gasteiger partial charge on any atom is 0.407 e. The number of carbonyl (C=O) groups is 1. The fourth-order valence-corrected chi connectivity index (χ4v) is 2.87. The van der Waals surface area contributed by atoms with Crippen molar-refractivity contribution in [2.45, 2.75) is 44.8 Å². The van der Waals surface area contributed by atoms with Gasteiger partial charge in [0.2, 0.25) is 0 Å². The molecule has 0 spiro atoms. The molecule has 2 unspecified atom stereocenters. The Morgan fingerprint density at radius 1 is 1.33 bits per heavy atom. The van der Waals surface area contributed by atoms with Gasteiger partial charge < -0.3 is 20.7 Å². The first-order chi connectivity index (χ1) is 12.2. The van der Waals surface area contributed by atoms with Crippen LogP contribution in [0, 0.1) is 5.82 Å². The van der Waals surface area contributed by atoms with Crippen LogP contribution in [0.15, 0.2) is 23.2 Å². The quantitative estimate of drug-likeness (QED) is 0.244. The van der Waals surface area contributed by atoms with E-state index in [-0.39, 0.29) is 41.8 Å². The molecule has 0 radical (unpaired) electrons. The molecule has 152 valence electrons. The van der Waals surface area contributed by atoms with Crippen LogP contribution in [0.4, 0.5) is 9.18 Å². The molecular weight excluding hydrogens is 486 g/mol. The summed E-state index contributed by atoms with van der Waals surface area (Å²) in [6.45, 7) is 6.30. The second kappa shape index (κ2) is 10.3. The highest BCUT2D eigenvalue weighted by Gasteiger charge is 2.41. The topological polar surface area (TPSA) is 74.8 Å². The number of hydrogen-bond donors (Lipinski definition) is 3. The van der Waals surface area contributed by atoms with Crippen LogP contribution in [0.2, 0.25) is 5.02 Å². The molecule has 3 N–H and O–H groups in total. The number of aliphatic imine (C=N–C) groups is 1. The fraction of sp³-hybridized carbons (Fsp3) is 0.556. The first kappa shape index (κ1) is 23.7. The number of alkyl carbamates (subject to hydrolysis) is 1. The average Bonchev–Trinajstić information content (AvgIpc) is 3.27. The molecule has 1 aliphatic rings. The highest BCUT2D eigenvalue weighted by atomic mass is 127. The summed E-state index contributed by atoms with van der Waals surface area (Å²) >= 11 is 6.11. The molecular formula is C18H27ClFIN4O2. The molecule has 0 heterocycles. The lowest BCUT2D eigenvalue weighted by Crippen LogP contribution is -2.43. The second-order valence-electron chi connectivity index (χ2n) is 7.16. The minimum absolute atomic E-state index is 0. The van der Waals surface area contributed by atoms with Crippen LogP contribution in [-0.4, -0.2) is 43.8 Å². The van der Waals surface area contributed by atoms with Gasteiger partial charge >= 0.3 is 6.09 Å². The van der Waals surface area contributed by atoms with Crippen LogP contribution >= 0.6 is 35.6 Å². The van der Waals surface area contributed by atoms with Crippen molar-refractivity contribution in [3.05, 3.63) is 34.6 Å². The van der Waals surface area contributed by atoms with Crippen molar-refractivity contribution < 1.29 is 13.9 Å². The lowest BCUT2D eigenvalue weighted by atomic mass is 10.1. The zero-order valence-electron chi connectivity index (χ0n) is 15.9. The third kappa shape index (κ3) is 7.69. The van der Waals surface area contributed by atoms with Crippen molar-refractivity contribution in [1.29, 1.82) is 0 Å². The van der Waals surface area contributed by atoms with E-state index in [4.69, 9.17) is 16.3 Å². The highest BCUT2D eigenvalue weighted by molar-refractivity contribution is 14.0. The van der Waals surface area contributed by atoms with E-state index in [0.29, 0.717) is 29.6 Å². The van der Waals surface area contributed by atoms with Crippen LogP contribution in [0.5, 0.6) is 0 Å². The first-order valence-corrected chi connectivity index (χ1v) is 8.97. The van der Waals surface area contributed by atoms with E-state index in [2.05, 4.69) is 20.9 Å². The number of benzene rings is 1. The van der Waals surface area contributed by atoms with Crippen LogP contribution in [0.1, 0.15) is 38.7 Å². The van der Waals surface area contributed by atoms with Gasteiger partial charge in [0.05, 0.1) is 0 Å². The summed E-state index contributed by atoms with van der Waals surface area (Å²) in [6.07, 6.45) is 0.330. The van der Waals surface area contributed by atoms with E-state index >= 15 is 0 Å². The second-order valence-corrected chi connectivity index (χ2v) is 7.56. The monoisotopic (exact) mass is 512 g/mol. The molecule has 9 heteroatoms. The number of guanidine groups is 1. The summed E-state index contributed by atoms with van der Waals surface area (Å²) in [7, 11) is 1.66.